The summed E-state index contributed by atoms with van der Waals surface area (Å²) in [6, 6.07) is 0. The normalized spacial score (nSPS) is 12.7. The SMILES string of the molecule is CC/C=C\C/C=C\C/C=C\C/C=C\C/C=C\C/C=C\CCCCCCCCC(=O)OCC(COC(=O)CCCCCCCCCCCCCCCC)OC(=O)CCCCCCCCCCCCCCC/C=C\C/C=C\CCCCCCC. The van der Waals surface area contributed by atoms with Crippen LogP contribution in [0, 0.1) is 0 Å². The van der Waals surface area contributed by atoms with E-state index < -0.39 is 6.10 Å². The molecule has 0 saturated heterocycles. The molecule has 0 amide bonds. The van der Waals surface area contributed by atoms with Crippen molar-refractivity contribution in [3.05, 3.63) is 97.2 Å². The number of esters is 3. The van der Waals surface area contributed by atoms with Gasteiger partial charge in [-0.2, -0.15) is 0 Å². The summed E-state index contributed by atoms with van der Waals surface area (Å²) < 4.78 is 17.0. The van der Waals surface area contributed by atoms with Crippen molar-refractivity contribution in [1.29, 1.82) is 0 Å². The van der Waals surface area contributed by atoms with E-state index in [1.165, 1.54) is 193 Å². The van der Waals surface area contributed by atoms with Crippen LogP contribution in [0.15, 0.2) is 97.2 Å². The lowest BCUT2D eigenvalue weighted by Gasteiger charge is -2.18. The first-order chi connectivity index (χ1) is 40.5. The van der Waals surface area contributed by atoms with Gasteiger partial charge in [-0.1, -0.05) is 323 Å². The molecule has 0 aliphatic heterocycles. The first-order valence-corrected chi connectivity index (χ1v) is 35.2. The predicted molar refractivity (Wildman–Crippen MR) is 357 cm³/mol. The highest BCUT2D eigenvalue weighted by molar-refractivity contribution is 5.71. The molecule has 0 radical (unpaired) electrons. The Balaban J connectivity index is 4.34. The van der Waals surface area contributed by atoms with Crippen LogP contribution in [0.4, 0.5) is 0 Å². The van der Waals surface area contributed by atoms with Gasteiger partial charge in [0.05, 0.1) is 0 Å². The van der Waals surface area contributed by atoms with Crippen molar-refractivity contribution in [3.63, 3.8) is 0 Å². The van der Waals surface area contributed by atoms with Gasteiger partial charge in [0.2, 0.25) is 0 Å². The second kappa shape index (κ2) is 69.8. The molecule has 0 aliphatic rings. The Bertz CT molecular complexity index is 1590. The second-order valence-corrected chi connectivity index (χ2v) is 23.4. The molecule has 1 atom stereocenters. The minimum Gasteiger partial charge on any atom is -0.462 e. The third kappa shape index (κ3) is 67.1. The molecule has 0 aromatic carbocycles. The van der Waals surface area contributed by atoms with Crippen molar-refractivity contribution < 1.29 is 28.6 Å². The van der Waals surface area contributed by atoms with Gasteiger partial charge in [0, 0.05) is 19.3 Å². The van der Waals surface area contributed by atoms with E-state index in [2.05, 4.69) is 118 Å². The number of allylic oxidation sites excluding steroid dienone is 16. The quantitative estimate of drug-likeness (QED) is 0.0261. The highest BCUT2D eigenvalue weighted by Gasteiger charge is 2.19. The highest BCUT2D eigenvalue weighted by atomic mass is 16.6. The fourth-order valence-corrected chi connectivity index (χ4v) is 10.1. The molecule has 0 aliphatic carbocycles. The number of hydrogen-bond acceptors (Lipinski definition) is 6. The summed E-state index contributed by atoms with van der Waals surface area (Å²) in [4.78, 5) is 38.5. The molecular weight excluding hydrogens is 1010 g/mol. The Morgan fingerprint density at radius 1 is 0.256 bits per heavy atom. The summed E-state index contributed by atoms with van der Waals surface area (Å²) in [6.07, 6.45) is 94.2. The zero-order chi connectivity index (χ0) is 59.2. The molecule has 0 heterocycles. The fourth-order valence-electron chi connectivity index (χ4n) is 10.1. The maximum atomic E-state index is 13.0. The van der Waals surface area contributed by atoms with E-state index in [1.54, 1.807) is 0 Å². The number of unbranched alkanes of at least 4 members (excludes halogenated alkanes) is 37. The van der Waals surface area contributed by atoms with E-state index in [9.17, 15) is 14.4 Å². The maximum absolute atomic E-state index is 13.0. The van der Waals surface area contributed by atoms with Gasteiger partial charge in [0.15, 0.2) is 6.10 Å². The summed E-state index contributed by atoms with van der Waals surface area (Å²) in [5.74, 6) is -0.878. The van der Waals surface area contributed by atoms with Crippen LogP contribution in [0.3, 0.4) is 0 Å². The number of ether oxygens (including phenoxy) is 3. The zero-order valence-corrected chi connectivity index (χ0v) is 54.2. The molecule has 0 fully saturated rings. The van der Waals surface area contributed by atoms with Crippen LogP contribution in [0.25, 0.3) is 0 Å². The summed E-state index contributed by atoms with van der Waals surface area (Å²) >= 11 is 0. The Labute approximate surface area is 508 Å². The number of hydrogen-bond donors (Lipinski definition) is 0. The lowest BCUT2D eigenvalue weighted by atomic mass is 10.0. The molecule has 6 heteroatoms. The lowest BCUT2D eigenvalue weighted by molar-refractivity contribution is -0.167. The molecular formula is C76H132O6. The number of rotatable bonds is 64. The molecule has 0 N–H and O–H groups in total. The van der Waals surface area contributed by atoms with Crippen molar-refractivity contribution in [2.24, 2.45) is 0 Å². The molecule has 1 unspecified atom stereocenters. The molecule has 0 spiro atoms. The fraction of sp³-hybridized carbons (Fsp3) is 0.750. The Hall–Kier alpha value is -3.67. The summed E-state index contributed by atoms with van der Waals surface area (Å²) in [6.45, 7) is 6.55. The van der Waals surface area contributed by atoms with Crippen molar-refractivity contribution in [3.8, 4) is 0 Å². The minimum absolute atomic E-state index is 0.0791. The van der Waals surface area contributed by atoms with Crippen LogP contribution in [0.5, 0.6) is 0 Å². The molecule has 472 valence electrons. The average molecular weight is 1140 g/mol. The highest BCUT2D eigenvalue weighted by Crippen LogP contribution is 2.17. The largest absolute Gasteiger partial charge is 0.462 e. The zero-order valence-electron chi connectivity index (χ0n) is 54.2. The van der Waals surface area contributed by atoms with Gasteiger partial charge >= 0.3 is 17.9 Å². The van der Waals surface area contributed by atoms with E-state index >= 15 is 0 Å². The van der Waals surface area contributed by atoms with E-state index in [0.717, 1.165) is 116 Å². The lowest BCUT2D eigenvalue weighted by Crippen LogP contribution is -2.30. The maximum Gasteiger partial charge on any atom is 0.306 e. The third-order valence-corrected chi connectivity index (χ3v) is 15.3. The van der Waals surface area contributed by atoms with E-state index in [0.29, 0.717) is 19.3 Å². The van der Waals surface area contributed by atoms with E-state index in [4.69, 9.17) is 14.2 Å². The Morgan fingerprint density at radius 3 is 0.744 bits per heavy atom. The van der Waals surface area contributed by atoms with Crippen molar-refractivity contribution in [2.45, 2.75) is 354 Å². The minimum atomic E-state index is -0.785. The second-order valence-electron chi connectivity index (χ2n) is 23.4. The van der Waals surface area contributed by atoms with Crippen LogP contribution < -0.4 is 0 Å². The van der Waals surface area contributed by atoms with Gasteiger partial charge in [0.25, 0.3) is 0 Å². The molecule has 6 nitrogen and oxygen atoms in total. The third-order valence-electron chi connectivity index (χ3n) is 15.3. The Morgan fingerprint density at radius 2 is 0.476 bits per heavy atom. The van der Waals surface area contributed by atoms with Crippen LogP contribution >= 0.6 is 0 Å². The number of carbonyl (C=O) groups excluding carboxylic acids is 3. The van der Waals surface area contributed by atoms with Crippen molar-refractivity contribution in [2.75, 3.05) is 13.2 Å². The van der Waals surface area contributed by atoms with Crippen LogP contribution in [0.1, 0.15) is 348 Å². The van der Waals surface area contributed by atoms with Gasteiger partial charge in [-0.3, -0.25) is 14.4 Å². The van der Waals surface area contributed by atoms with Gasteiger partial charge < -0.3 is 14.2 Å². The number of carbonyl (C=O) groups is 3. The molecule has 82 heavy (non-hydrogen) atoms. The van der Waals surface area contributed by atoms with Crippen LogP contribution in [0.2, 0.25) is 0 Å². The summed E-state index contributed by atoms with van der Waals surface area (Å²) in [5, 5.41) is 0. The van der Waals surface area contributed by atoms with E-state index in [-0.39, 0.29) is 31.1 Å². The van der Waals surface area contributed by atoms with Gasteiger partial charge in [-0.25, -0.2) is 0 Å². The smallest absolute Gasteiger partial charge is 0.306 e. The Kier molecular flexibility index (Phi) is 66.7. The first-order valence-electron chi connectivity index (χ1n) is 35.2. The van der Waals surface area contributed by atoms with Crippen molar-refractivity contribution >= 4 is 17.9 Å². The van der Waals surface area contributed by atoms with Crippen LogP contribution in [-0.2, 0) is 28.6 Å². The molecule has 0 aromatic rings. The van der Waals surface area contributed by atoms with E-state index in [1.807, 2.05) is 0 Å². The van der Waals surface area contributed by atoms with Crippen LogP contribution in [-0.4, -0.2) is 37.2 Å². The summed E-state index contributed by atoms with van der Waals surface area (Å²) in [7, 11) is 0. The monoisotopic (exact) mass is 1140 g/mol. The topological polar surface area (TPSA) is 78.9 Å². The first kappa shape index (κ1) is 78.3. The van der Waals surface area contributed by atoms with Gasteiger partial charge in [-0.15, -0.1) is 0 Å². The summed E-state index contributed by atoms with van der Waals surface area (Å²) in [5.41, 5.74) is 0. The van der Waals surface area contributed by atoms with Gasteiger partial charge in [-0.05, 0) is 103 Å². The van der Waals surface area contributed by atoms with Crippen molar-refractivity contribution in [1.82, 2.24) is 0 Å². The standard InChI is InChI=1S/C76H132O6/c1-4-7-10-13-16-19-22-25-28-30-32-34-36-38-40-42-44-46-48-51-54-57-60-63-66-69-75(78)81-72-73(71-80-74(77)68-65-62-59-56-53-50-27-24-21-18-15-12-9-6-3)82-76(79)70-67-64-61-58-55-52-49-47-45-43-41-39-37-35-33-31-29-26-23-20-17-14-11-8-5-2/h7,10,16,19,23,25-26,28,31-34,38,40,44,46,73H,4-6,8-9,11-15,17-18,20-22,24,27,29-30,35-37,39,41-43,45,47-72H2,1-3H3/b10-7-,19-16-,26-23-,28-25-,33-31-,34-32-,40-38-,46-44-. The molecule has 0 saturated carbocycles. The molecule has 0 bridgehead atoms. The predicted octanol–water partition coefficient (Wildman–Crippen LogP) is 24.4. The molecule has 0 aromatic heterocycles. The van der Waals surface area contributed by atoms with Gasteiger partial charge in [0.1, 0.15) is 13.2 Å². The molecule has 0 rings (SSSR count). The average Bonchev–Trinajstić information content (AvgIpc) is 3.47.